The number of halogens is 2. The summed E-state index contributed by atoms with van der Waals surface area (Å²) in [4.78, 5) is 18.3. The smallest absolute Gasteiger partial charge is 0.268 e. The fourth-order valence-corrected chi connectivity index (χ4v) is 2.85. The van der Waals surface area contributed by atoms with Crippen molar-refractivity contribution >= 4 is 23.2 Å². The number of fused-ring (bicyclic) bond motifs is 1. The van der Waals surface area contributed by atoms with Gasteiger partial charge in [0.1, 0.15) is 18.1 Å². The highest BCUT2D eigenvalue weighted by Gasteiger charge is 2.32. The van der Waals surface area contributed by atoms with Gasteiger partial charge in [0.25, 0.3) is 5.91 Å². The summed E-state index contributed by atoms with van der Waals surface area (Å²) in [6.45, 7) is 1.77. The van der Waals surface area contributed by atoms with Crippen LogP contribution in [0.15, 0.2) is 47.0 Å². The number of benzene rings is 2. The Hall–Kier alpha value is -2.93. The molecule has 1 aliphatic rings. The van der Waals surface area contributed by atoms with Gasteiger partial charge in [-0.15, -0.1) is 0 Å². The third-order valence-electron chi connectivity index (χ3n) is 4.01. The number of nitrogens with zero attached hydrogens (tertiary/aromatic N) is 3. The molecule has 0 aliphatic carbocycles. The van der Waals surface area contributed by atoms with Crippen molar-refractivity contribution in [3.63, 3.8) is 0 Å². The molecule has 1 amide bonds. The van der Waals surface area contributed by atoms with E-state index in [1.165, 1.54) is 17.0 Å². The Bertz CT molecular complexity index is 991. The summed E-state index contributed by atoms with van der Waals surface area (Å²) in [6, 6.07) is 11.5. The first-order chi connectivity index (χ1) is 12.5. The highest BCUT2D eigenvalue weighted by Crippen LogP contribution is 2.34. The molecule has 1 atom stereocenters. The average Bonchev–Trinajstić information content (AvgIpc) is 3.10. The predicted octanol–water partition coefficient (Wildman–Crippen LogP) is 3.84. The lowest BCUT2D eigenvalue weighted by molar-refractivity contribution is -0.125. The van der Waals surface area contributed by atoms with Crippen molar-refractivity contribution in [2.75, 3.05) is 4.90 Å². The number of carbonyl (C=O) groups is 1. The van der Waals surface area contributed by atoms with Gasteiger partial charge in [-0.1, -0.05) is 28.9 Å². The van der Waals surface area contributed by atoms with E-state index < -0.39 is 11.9 Å². The predicted molar refractivity (Wildman–Crippen MR) is 92.4 cm³/mol. The number of aromatic nitrogens is 2. The van der Waals surface area contributed by atoms with Crippen molar-refractivity contribution in [2.24, 2.45) is 0 Å². The fourth-order valence-electron chi connectivity index (χ4n) is 2.73. The van der Waals surface area contributed by atoms with E-state index in [-0.39, 0.29) is 29.2 Å². The second-order valence-corrected chi connectivity index (χ2v) is 6.20. The molecule has 4 rings (SSSR count). The van der Waals surface area contributed by atoms with Gasteiger partial charge in [-0.05, 0) is 37.3 Å². The Morgan fingerprint density at radius 1 is 1.27 bits per heavy atom. The molecule has 6 nitrogen and oxygen atoms in total. The van der Waals surface area contributed by atoms with Gasteiger partial charge in [-0.3, -0.25) is 9.69 Å². The van der Waals surface area contributed by atoms with E-state index in [9.17, 15) is 9.18 Å². The lowest BCUT2D eigenvalue weighted by atomic mass is 10.2. The maximum absolute atomic E-state index is 13.6. The monoisotopic (exact) mass is 373 g/mol. The first kappa shape index (κ1) is 16.5. The van der Waals surface area contributed by atoms with Crippen LogP contribution in [0.3, 0.4) is 0 Å². The van der Waals surface area contributed by atoms with E-state index >= 15 is 0 Å². The SMILES string of the molecule is C[C@H]1Oc2ccccc2N(Cc2nc(-c3ccc(Cl)c(F)c3)no2)C1=O. The van der Waals surface area contributed by atoms with Crippen LogP contribution in [0.25, 0.3) is 11.4 Å². The summed E-state index contributed by atoms with van der Waals surface area (Å²) < 4.78 is 24.5. The average molecular weight is 374 g/mol. The van der Waals surface area contributed by atoms with Crippen LogP contribution in [0.5, 0.6) is 5.75 Å². The van der Waals surface area contributed by atoms with Crippen molar-refractivity contribution in [1.82, 2.24) is 10.1 Å². The fraction of sp³-hybridized carbons (Fsp3) is 0.167. The highest BCUT2D eigenvalue weighted by molar-refractivity contribution is 6.30. The molecule has 0 saturated carbocycles. The maximum atomic E-state index is 13.6. The van der Waals surface area contributed by atoms with Gasteiger partial charge in [0.2, 0.25) is 11.7 Å². The Morgan fingerprint density at radius 3 is 2.88 bits per heavy atom. The Kier molecular flexibility index (Phi) is 4.08. The van der Waals surface area contributed by atoms with Gasteiger partial charge in [-0.2, -0.15) is 4.98 Å². The second-order valence-electron chi connectivity index (χ2n) is 5.79. The minimum atomic E-state index is -0.613. The normalized spacial score (nSPS) is 16.3. The zero-order valence-electron chi connectivity index (χ0n) is 13.6. The molecule has 0 saturated heterocycles. The number of hydrogen-bond donors (Lipinski definition) is 0. The molecule has 0 unspecified atom stereocenters. The summed E-state index contributed by atoms with van der Waals surface area (Å²) in [5, 5.41) is 3.87. The molecule has 0 N–H and O–H groups in total. The second kappa shape index (κ2) is 6.42. The number of para-hydroxylation sites is 2. The molecule has 0 spiro atoms. The molecule has 1 aliphatic heterocycles. The Morgan fingerprint density at radius 2 is 2.08 bits per heavy atom. The first-order valence-electron chi connectivity index (χ1n) is 7.88. The highest BCUT2D eigenvalue weighted by atomic mass is 35.5. The van der Waals surface area contributed by atoms with Crippen LogP contribution in [-0.2, 0) is 11.3 Å². The third-order valence-corrected chi connectivity index (χ3v) is 4.32. The Labute approximate surface area is 153 Å². The van der Waals surface area contributed by atoms with Gasteiger partial charge in [0.15, 0.2) is 6.10 Å². The molecule has 0 radical (unpaired) electrons. The van der Waals surface area contributed by atoms with Gasteiger partial charge >= 0.3 is 0 Å². The minimum Gasteiger partial charge on any atom is -0.479 e. The van der Waals surface area contributed by atoms with Crippen LogP contribution in [0.2, 0.25) is 5.02 Å². The zero-order chi connectivity index (χ0) is 18.3. The van der Waals surface area contributed by atoms with Crippen LogP contribution in [0.1, 0.15) is 12.8 Å². The molecule has 0 bridgehead atoms. The zero-order valence-corrected chi connectivity index (χ0v) is 14.4. The van der Waals surface area contributed by atoms with Gasteiger partial charge in [0, 0.05) is 5.56 Å². The molecular weight excluding hydrogens is 361 g/mol. The summed E-state index contributed by atoms with van der Waals surface area (Å²) >= 11 is 5.68. The van der Waals surface area contributed by atoms with Gasteiger partial charge in [0.05, 0.1) is 10.7 Å². The van der Waals surface area contributed by atoms with Gasteiger partial charge < -0.3 is 9.26 Å². The lowest BCUT2D eigenvalue weighted by Crippen LogP contribution is -2.44. The maximum Gasteiger partial charge on any atom is 0.268 e. The summed E-state index contributed by atoms with van der Waals surface area (Å²) in [5.74, 6) is 0.284. The van der Waals surface area contributed by atoms with Crippen molar-refractivity contribution in [3.8, 4) is 17.1 Å². The topological polar surface area (TPSA) is 68.5 Å². The van der Waals surface area contributed by atoms with E-state index in [2.05, 4.69) is 10.1 Å². The largest absolute Gasteiger partial charge is 0.479 e. The van der Waals surface area contributed by atoms with Crippen LogP contribution < -0.4 is 9.64 Å². The Balaban J connectivity index is 1.63. The van der Waals surface area contributed by atoms with Crippen LogP contribution in [-0.4, -0.2) is 22.2 Å². The summed E-state index contributed by atoms with van der Waals surface area (Å²) in [7, 11) is 0. The quantitative estimate of drug-likeness (QED) is 0.697. The molecule has 26 heavy (non-hydrogen) atoms. The number of ether oxygens (including phenoxy) is 1. The minimum absolute atomic E-state index is 0.0157. The number of anilines is 1. The summed E-state index contributed by atoms with van der Waals surface area (Å²) in [6.07, 6.45) is -0.613. The van der Waals surface area contributed by atoms with E-state index in [0.29, 0.717) is 17.0 Å². The molecule has 2 heterocycles. The molecule has 2 aromatic carbocycles. The lowest BCUT2D eigenvalue weighted by Gasteiger charge is -2.31. The van der Waals surface area contributed by atoms with Crippen molar-refractivity contribution in [1.29, 1.82) is 0 Å². The van der Waals surface area contributed by atoms with Crippen molar-refractivity contribution < 1.29 is 18.4 Å². The van der Waals surface area contributed by atoms with E-state index in [4.69, 9.17) is 20.9 Å². The van der Waals surface area contributed by atoms with Crippen LogP contribution in [0, 0.1) is 5.82 Å². The van der Waals surface area contributed by atoms with Crippen molar-refractivity contribution in [2.45, 2.75) is 19.6 Å². The third kappa shape index (κ3) is 2.90. The first-order valence-corrected chi connectivity index (χ1v) is 8.26. The number of hydrogen-bond acceptors (Lipinski definition) is 5. The van der Waals surface area contributed by atoms with E-state index in [0.717, 1.165) is 0 Å². The number of rotatable bonds is 3. The van der Waals surface area contributed by atoms with Crippen LogP contribution >= 0.6 is 11.6 Å². The standard InChI is InChI=1S/C18H13ClFN3O3/c1-10-18(24)23(14-4-2-3-5-15(14)25-10)9-16-21-17(22-26-16)11-6-7-12(19)13(20)8-11/h2-8,10H,9H2,1H3/t10-/m1/s1. The van der Waals surface area contributed by atoms with Crippen LogP contribution in [0.4, 0.5) is 10.1 Å². The van der Waals surface area contributed by atoms with E-state index in [1.54, 1.807) is 25.1 Å². The molecule has 0 fully saturated rings. The molecule has 1 aromatic heterocycles. The molecule has 8 heteroatoms. The molecular formula is C18H13ClFN3O3. The van der Waals surface area contributed by atoms with Gasteiger partial charge in [-0.25, -0.2) is 4.39 Å². The van der Waals surface area contributed by atoms with E-state index in [1.807, 2.05) is 12.1 Å². The summed E-state index contributed by atoms with van der Waals surface area (Å²) in [5.41, 5.74) is 1.07. The van der Waals surface area contributed by atoms with Crippen molar-refractivity contribution in [3.05, 3.63) is 59.2 Å². The molecule has 132 valence electrons. The number of amides is 1. The number of carbonyl (C=O) groups excluding carboxylic acids is 1. The molecule has 3 aromatic rings.